The molecule has 1 saturated heterocycles. The third-order valence-electron chi connectivity index (χ3n) is 3.90. The molecule has 0 radical (unpaired) electrons. The van der Waals surface area contributed by atoms with Gasteiger partial charge in [-0.15, -0.1) is 0 Å². The van der Waals surface area contributed by atoms with Crippen LogP contribution in [-0.2, 0) is 22.8 Å². The summed E-state index contributed by atoms with van der Waals surface area (Å²) in [7, 11) is -2.93. The van der Waals surface area contributed by atoms with E-state index in [0.717, 1.165) is 42.8 Å². The van der Waals surface area contributed by atoms with Gasteiger partial charge in [-0.2, -0.15) is 0 Å². The third kappa shape index (κ3) is 2.32. The molecular formula is C14H19N3O2S. The minimum absolute atomic E-state index is 0.269. The zero-order valence-electron chi connectivity index (χ0n) is 11.6. The first-order valence-corrected chi connectivity index (χ1v) is 8.85. The van der Waals surface area contributed by atoms with Gasteiger partial charge in [0, 0.05) is 19.2 Å². The molecule has 0 bridgehead atoms. The monoisotopic (exact) mass is 293 g/mol. The lowest BCUT2D eigenvalue weighted by molar-refractivity contribution is 0.578. The summed E-state index contributed by atoms with van der Waals surface area (Å²) in [6, 6.07) is 3.79. The van der Waals surface area contributed by atoms with Crippen LogP contribution < -0.4 is 0 Å². The number of imidazole rings is 1. The molecule has 1 aliphatic rings. The standard InChI is InChI=1S/C14H19N3O2S/c1-2-8-17-13(10-11-5-4-9-20(11,18)19)16-12-6-3-7-15-14(12)17/h3,6-7,11H,2,4-5,8-10H2,1H3. The van der Waals surface area contributed by atoms with Crippen LogP contribution in [0.15, 0.2) is 18.3 Å². The summed E-state index contributed by atoms with van der Waals surface area (Å²) in [6.45, 7) is 2.93. The van der Waals surface area contributed by atoms with Gasteiger partial charge < -0.3 is 4.57 Å². The molecule has 0 amide bonds. The first kappa shape index (κ1) is 13.5. The van der Waals surface area contributed by atoms with Crippen molar-refractivity contribution in [2.45, 2.75) is 44.4 Å². The number of hydrogen-bond acceptors (Lipinski definition) is 4. The molecule has 0 N–H and O–H groups in total. The number of nitrogens with zero attached hydrogens (tertiary/aromatic N) is 3. The van der Waals surface area contributed by atoms with Gasteiger partial charge in [0.2, 0.25) is 0 Å². The second-order valence-corrected chi connectivity index (χ2v) is 7.76. The summed E-state index contributed by atoms with van der Waals surface area (Å²) < 4.78 is 26.1. The van der Waals surface area contributed by atoms with Crippen LogP contribution in [0.3, 0.4) is 0 Å². The van der Waals surface area contributed by atoms with Crippen molar-refractivity contribution in [2.75, 3.05) is 5.75 Å². The highest BCUT2D eigenvalue weighted by atomic mass is 32.2. The second kappa shape index (κ2) is 5.16. The van der Waals surface area contributed by atoms with E-state index in [1.54, 1.807) is 6.20 Å². The number of aromatic nitrogens is 3. The van der Waals surface area contributed by atoms with Crippen LogP contribution in [0, 0.1) is 0 Å². The quantitative estimate of drug-likeness (QED) is 0.864. The molecule has 5 nitrogen and oxygen atoms in total. The first-order valence-electron chi connectivity index (χ1n) is 7.13. The Hall–Kier alpha value is -1.43. The van der Waals surface area contributed by atoms with E-state index < -0.39 is 9.84 Å². The molecule has 1 atom stereocenters. The van der Waals surface area contributed by atoms with Gasteiger partial charge in [0.15, 0.2) is 15.5 Å². The third-order valence-corrected chi connectivity index (χ3v) is 6.18. The average Bonchev–Trinajstić information content (AvgIpc) is 2.92. The Morgan fingerprint density at radius 1 is 1.45 bits per heavy atom. The molecule has 108 valence electrons. The predicted molar refractivity (Wildman–Crippen MR) is 78.3 cm³/mol. The van der Waals surface area contributed by atoms with Crippen LogP contribution in [0.4, 0.5) is 0 Å². The molecule has 6 heteroatoms. The Kier molecular flexibility index (Phi) is 3.50. The summed E-state index contributed by atoms with van der Waals surface area (Å²) in [5, 5.41) is -0.269. The van der Waals surface area contributed by atoms with Crippen LogP contribution in [0.5, 0.6) is 0 Å². The Balaban J connectivity index is 2.00. The zero-order valence-corrected chi connectivity index (χ0v) is 12.4. The maximum atomic E-state index is 12.0. The average molecular weight is 293 g/mol. The van der Waals surface area contributed by atoms with Crippen molar-refractivity contribution in [3.05, 3.63) is 24.2 Å². The van der Waals surface area contributed by atoms with Gasteiger partial charge in [0.05, 0.1) is 11.0 Å². The number of hydrogen-bond donors (Lipinski definition) is 0. The fourth-order valence-corrected chi connectivity index (χ4v) is 4.74. The van der Waals surface area contributed by atoms with E-state index in [-0.39, 0.29) is 5.25 Å². The molecule has 0 spiro atoms. The maximum Gasteiger partial charge on any atom is 0.159 e. The summed E-state index contributed by atoms with van der Waals surface area (Å²) in [5.41, 5.74) is 1.71. The number of pyridine rings is 1. The van der Waals surface area contributed by atoms with Crippen molar-refractivity contribution in [1.82, 2.24) is 14.5 Å². The highest BCUT2D eigenvalue weighted by Crippen LogP contribution is 2.25. The van der Waals surface area contributed by atoms with E-state index in [4.69, 9.17) is 0 Å². The van der Waals surface area contributed by atoms with Crippen LogP contribution in [-0.4, -0.2) is 34.0 Å². The van der Waals surface area contributed by atoms with Crippen LogP contribution >= 0.6 is 0 Å². The van der Waals surface area contributed by atoms with Gasteiger partial charge in [0.25, 0.3) is 0 Å². The Labute approximate surface area is 119 Å². The van der Waals surface area contributed by atoms with Crippen molar-refractivity contribution >= 4 is 21.0 Å². The highest BCUT2D eigenvalue weighted by Gasteiger charge is 2.32. The Morgan fingerprint density at radius 3 is 3.00 bits per heavy atom. The van der Waals surface area contributed by atoms with Gasteiger partial charge >= 0.3 is 0 Å². The molecule has 3 heterocycles. The number of aryl methyl sites for hydroxylation is 1. The summed E-state index contributed by atoms with van der Waals surface area (Å²) >= 11 is 0. The highest BCUT2D eigenvalue weighted by molar-refractivity contribution is 7.92. The SMILES string of the molecule is CCCn1c(CC2CCCS2(=O)=O)nc2cccnc21. The summed E-state index contributed by atoms with van der Waals surface area (Å²) in [5.74, 6) is 1.18. The molecule has 0 aliphatic carbocycles. The van der Waals surface area contributed by atoms with Crippen LogP contribution in [0.1, 0.15) is 32.0 Å². The Morgan fingerprint density at radius 2 is 2.30 bits per heavy atom. The Bertz CT molecular complexity index is 721. The van der Waals surface area contributed by atoms with E-state index in [1.807, 2.05) is 12.1 Å². The lowest BCUT2D eigenvalue weighted by Gasteiger charge is -2.11. The van der Waals surface area contributed by atoms with E-state index in [9.17, 15) is 8.42 Å². The lowest BCUT2D eigenvalue weighted by Crippen LogP contribution is -2.21. The number of sulfone groups is 1. The molecule has 3 rings (SSSR count). The molecular weight excluding hydrogens is 274 g/mol. The van der Waals surface area contributed by atoms with E-state index in [0.29, 0.717) is 12.2 Å². The minimum atomic E-state index is -2.93. The van der Waals surface area contributed by atoms with Crippen molar-refractivity contribution in [3.8, 4) is 0 Å². The molecule has 20 heavy (non-hydrogen) atoms. The van der Waals surface area contributed by atoms with Gasteiger partial charge in [-0.25, -0.2) is 18.4 Å². The van der Waals surface area contributed by atoms with E-state index in [2.05, 4.69) is 21.5 Å². The normalized spacial score (nSPS) is 21.6. The van der Waals surface area contributed by atoms with Gasteiger partial charge in [-0.1, -0.05) is 6.92 Å². The topological polar surface area (TPSA) is 64.8 Å². The van der Waals surface area contributed by atoms with Crippen LogP contribution in [0.25, 0.3) is 11.2 Å². The van der Waals surface area contributed by atoms with Crippen molar-refractivity contribution < 1.29 is 8.42 Å². The summed E-state index contributed by atoms with van der Waals surface area (Å²) in [6.07, 6.45) is 4.78. The molecule has 1 unspecified atom stereocenters. The van der Waals surface area contributed by atoms with Gasteiger partial charge in [-0.05, 0) is 31.4 Å². The van der Waals surface area contributed by atoms with Crippen LogP contribution in [0.2, 0.25) is 0 Å². The zero-order chi connectivity index (χ0) is 14.2. The lowest BCUT2D eigenvalue weighted by atomic mass is 10.2. The molecule has 1 fully saturated rings. The van der Waals surface area contributed by atoms with Crippen molar-refractivity contribution in [2.24, 2.45) is 0 Å². The smallest absolute Gasteiger partial charge is 0.159 e. The van der Waals surface area contributed by atoms with Gasteiger partial charge in [0.1, 0.15) is 11.3 Å². The largest absolute Gasteiger partial charge is 0.313 e. The van der Waals surface area contributed by atoms with Gasteiger partial charge in [-0.3, -0.25) is 0 Å². The number of fused-ring (bicyclic) bond motifs is 1. The van der Waals surface area contributed by atoms with E-state index in [1.165, 1.54) is 0 Å². The fourth-order valence-electron chi connectivity index (χ4n) is 2.91. The summed E-state index contributed by atoms with van der Waals surface area (Å²) in [4.78, 5) is 8.98. The number of rotatable bonds is 4. The molecule has 1 aliphatic heterocycles. The van der Waals surface area contributed by atoms with E-state index >= 15 is 0 Å². The van der Waals surface area contributed by atoms with Crippen molar-refractivity contribution in [3.63, 3.8) is 0 Å². The predicted octanol–water partition coefficient (Wildman–Crippen LogP) is 1.96. The molecule has 2 aromatic heterocycles. The first-order chi connectivity index (χ1) is 9.62. The fraction of sp³-hybridized carbons (Fsp3) is 0.571. The minimum Gasteiger partial charge on any atom is -0.313 e. The second-order valence-electron chi connectivity index (χ2n) is 5.36. The molecule has 0 aromatic carbocycles. The van der Waals surface area contributed by atoms with Crippen molar-refractivity contribution in [1.29, 1.82) is 0 Å². The molecule has 0 saturated carbocycles. The maximum absolute atomic E-state index is 12.0. The molecule has 2 aromatic rings.